The number of rotatable bonds is 2. The maximum atomic E-state index is 12.4. The summed E-state index contributed by atoms with van der Waals surface area (Å²) in [5.41, 5.74) is 3.81. The van der Waals surface area contributed by atoms with E-state index < -0.39 is 18.1 Å². The van der Waals surface area contributed by atoms with E-state index in [0.717, 1.165) is 19.5 Å². The van der Waals surface area contributed by atoms with Gasteiger partial charge in [-0.25, -0.2) is 0 Å². The second kappa shape index (κ2) is 5.36. The molecule has 1 heterocycles. The summed E-state index contributed by atoms with van der Waals surface area (Å²) in [5.74, 6) is -0.340. The fourth-order valence-electron chi connectivity index (χ4n) is 0.980. The van der Waals surface area contributed by atoms with Crippen molar-refractivity contribution in [1.29, 1.82) is 0 Å². The number of halogens is 3. The zero-order chi connectivity index (χ0) is 10.1. The Morgan fingerprint density at radius 3 is 2.29 bits per heavy atom. The normalized spacial score (nSPS) is 10.6. The summed E-state index contributed by atoms with van der Waals surface area (Å²) in [6, 6.07) is 0. The molecule has 0 amide bonds. The number of methoxy groups -OCH3 is 1. The summed E-state index contributed by atoms with van der Waals surface area (Å²) < 4.78 is 41.6. The Balaban J connectivity index is 0.00000169. The van der Waals surface area contributed by atoms with Crippen LogP contribution in [0.25, 0.3) is 0 Å². The minimum atomic E-state index is -5.15. The molecule has 8 heteroatoms. The number of hydrogen-bond acceptors (Lipinski definition) is 3. The van der Waals surface area contributed by atoms with Crippen LogP contribution in [-0.2, 0) is 0 Å². The first-order valence-electron chi connectivity index (χ1n) is 3.44. The van der Waals surface area contributed by atoms with Gasteiger partial charge in [-0.3, -0.25) is 4.98 Å². The molecule has 0 aliphatic carbocycles. The largest absolute Gasteiger partial charge is 1.00 e. The van der Waals surface area contributed by atoms with E-state index >= 15 is 0 Å². The van der Waals surface area contributed by atoms with E-state index in [-0.39, 0.29) is 57.1 Å². The molecule has 0 aliphatic rings. The Morgan fingerprint density at radius 2 is 1.93 bits per heavy atom. The SMILES string of the molecule is COc1cncc(N)c1[B-](F)(F)F.[K+]. The van der Waals surface area contributed by atoms with E-state index in [1.54, 1.807) is 0 Å². The number of aromatic nitrogens is 1. The number of hydrogen-bond donors (Lipinski definition) is 1. The van der Waals surface area contributed by atoms with Crippen molar-refractivity contribution >= 4 is 18.1 Å². The predicted molar refractivity (Wildman–Crippen MR) is 43.9 cm³/mol. The molecule has 1 aromatic heterocycles. The third-order valence-electron chi connectivity index (χ3n) is 1.53. The summed E-state index contributed by atoms with van der Waals surface area (Å²) in [6.07, 6.45) is 1.94. The second-order valence-corrected chi connectivity index (χ2v) is 2.42. The first-order valence-corrected chi connectivity index (χ1v) is 3.44. The summed E-state index contributed by atoms with van der Waals surface area (Å²) >= 11 is 0. The third kappa shape index (κ3) is 3.13. The maximum absolute atomic E-state index is 12.4. The number of anilines is 1. The Bertz CT molecular complexity index is 320. The molecule has 0 fully saturated rings. The van der Waals surface area contributed by atoms with Crippen LogP contribution >= 0.6 is 0 Å². The van der Waals surface area contributed by atoms with Crippen molar-refractivity contribution in [3.8, 4) is 5.75 Å². The average molecular weight is 230 g/mol. The fraction of sp³-hybridized carbons (Fsp3) is 0.167. The Hall–Kier alpha value is 0.241. The smallest absolute Gasteiger partial charge is 0.498 e. The van der Waals surface area contributed by atoms with Crippen molar-refractivity contribution in [2.75, 3.05) is 12.8 Å². The molecule has 0 radical (unpaired) electrons. The molecule has 1 aromatic rings. The minimum Gasteiger partial charge on any atom is -0.498 e. The summed E-state index contributed by atoms with van der Waals surface area (Å²) in [4.78, 5) is 3.49. The van der Waals surface area contributed by atoms with Crippen LogP contribution in [0.3, 0.4) is 0 Å². The van der Waals surface area contributed by atoms with Gasteiger partial charge >= 0.3 is 58.4 Å². The quantitative estimate of drug-likeness (QED) is 0.583. The van der Waals surface area contributed by atoms with Crippen LogP contribution in [0.4, 0.5) is 18.6 Å². The Morgan fingerprint density at radius 1 is 1.36 bits per heavy atom. The van der Waals surface area contributed by atoms with Gasteiger partial charge in [-0.1, -0.05) is 0 Å². The molecule has 1 rings (SSSR count). The van der Waals surface area contributed by atoms with E-state index in [1.165, 1.54) is 0 Å². The molecule has 0 aromatic carbocycles. The standard InChI is InChI=1S/C6H7BF3N2O.K/c1-13-5-3-12-2-4(11)6(5)7(8,9)10;/h2-3H,11H2,1H3;/q-1;+1. The van der Waals surface area contributed by atoms with Gasteiger partial charge in [-0.05, 0) is 5.46 Å². The number of nitrogen functional groups attached to an aromatic ring is 1. The number of ether oxygens (including phenoxy) is 1. The van der Waals surface area contributed by atoms with Crippen molar-refractivity contribution in [2.24, 2.45) is 0 Å². The van der Waals surface area contributed by atoms with Crippen LogP contribution < -0.4 is 67.3 Å². The van der Waals surface area contributed by atoms with Crippen LogP contribution in [0.1, 0.15) is 0 Å². The van der Waals surface area contributed by atoms with Crippen molar-refractivity contribution in [3.63, 3.8) is 0 Å². The van der Waals surface area contributed by atoms with Crippen LogP contribution in [0.5, 0.6) is 5.75 Å². The van der Waals surface area contributed by atoms with Crippen LogP contribution in [-0.4, -0.2) is 19.1 Å². The predicted octanol–water partition coefficient (Wildman–Crippen LogP) is -2.27. The van der Waals surface area contributed by atoms with E-state index in [0.29, 0.717) is 0 Å². The van der Waals surface area contributed by atoms with Crippen molar-refractivity contribution < 1.29 is 69.1 Å². The van der Waals surface area contributed by atoms with Crippen molar-refractivity contribution in [1.82, 2.24) is 4.98 Å². The van der Waals surface area contributed by atoms with Gasteiger partial charge in [0.05, 0.1) is 13.3 Å². The molecule has 0 bridgehead atoms. The minimum absolute atomic E-state index is 0. The molecule has 0 unspecified atom stereocenters. The second-order valence-electron chi connectivity index (χ2n) is 2.42. The Kier molecular flexibility index (Phi) is 5.45. The van der Waals surface area contributed by atoms with Gasteiger partial charge in [-0.15, -0.1) is 0 Å². The molecule has 0 saturated heterocycles. The zero-order valence-electron chi connectivity index (χ0n) is 7.80. The maximum Gasteiger partial charge on any atom is 1.00 e. The molecule has 2 N–H and O–H groups in total. The van der Waals surface area contributed by atoms with Gasteiger partial charge in [0.1, 0.15) is 5.75 Å². The summed E-state index contributed by atoms with van der Waals surface area (Å²) in [5, 5.41) is 0. The van der Waals surface area contributed by atoms with Crippen LogP contribution in [0, 0.1) is 0 Å². The summed E-state index contributed by atoms with van der Waals surface area (Å²) in [7, 11) is 1.14. The van der Waals surface area contributed by atoms with Gasteiger partial charge < -0.3 is 23.4 Å². The molecule has 0 atom stereocenters. The molecule has 0 aliphatic heterocycles. The number of nitrogens with two attached hydrogens (primary N) is 1. The fourth-order valence-corrected chi connectivity index (χ4v) is 0.980. The average Bonchev–Trinajstić information content (AvgIpc) is 2.01. The monoisotopic (exact) mass is 230 g/mol. The van der Waals surface area contributed by atoms with E-state index in [1.807, 2.05) is 0 Å². The third-order valence-corrected chi connectivity index (χ3v) is 1.53. The van der Waals surface area contributed by atoms with Gasteiger partial charge in [0.2, 0.25) is 0 Å². The van der Waals surface area contributed by atoms with Gasteiger partial charge in [0.25, 0.3) is 0 Å². The zero-order valence-corrected chi connectivity index (χ0v) is 10.9. The summed E-state index contributed by atoms with van der Waals surface area (Å²) in [6.45, 7) is -5.15. The van der Waals surface area contributed by atoms with Gasteiger partial charge in [-0.2, -0.15) is 0 Å². The number of nitrogens with zero attached hydrogens (tertiary/aromatic N) is 1. The van der Waals surface area contributed by atoms with E-state index in [4.69, 9.17) is 5.73 Å². The van der Waals surface area contributed by atoms with Crippen molar-refractivity contribution in [3.05, 3.63) is 12.4 Å². The first kappa shape index (κ1) is 14.2. The molecule has 0 saturated carbocycles. The Labute approximate surface area is 122 Å². The van der Waals surface area contributed by atoms with Crippen LogP contribution in [0.15, 0.2) is 12.4 Å². The molecule has 72 valence electrons. The van der Waals surface area contributed by atoms with Gasteiger partial charge in [0.15, 0.2) is 0 Å². The molecular weight excluding hydrogens is 223 g/mol. The van der Waals surface area contributed by atoms with Gasteiger partial charge in [0, 0.05) is 11.9 Å². The van der Waals surface area contributed by atoms with Crippen LogP contribution in [0.2, 0.25) is 0 Å². The van der Waals surface area contributed by atoms with E-state index in [9.17, 15) is 12.9 Å². The molecule has 3 nitrogen and oxygen atoms in total. The first-order chi connectivity index (χ1) is 5.96. The molecule has 0 spiro atoms. The number of pyridine rings is 1. The topological polar surface area (TPSA) is 48.1 Å². The molecular formula is C6H7BF3KN2O. The molecule has 14 heavy (non-hydrogen) atoms. The van der Waals surface area contributed by atoms with E-state index in [2.05, 4.69) is 9.72 Å². The van der Waals surface area contributed by atoms with Crippen molar-refractivity contribution in [2.45, 2.75) is 0 Å².